The third-order valence-corrected chi connectivity index (χ3v) is 3.05. The summed E-state index contributed by atoms with van der Waals surface area (Å²) in [4.78, 5) is 10.2. The van der Waals surface area contributed by atoms with Crippen molar-refractivity contribution in [2.75, 3.05) is 13.1 Å². The van der Waals surface area contributed by atoms with E-state index in [2.05, 4.69) is 5.32 Å². The van der Waals surface area contributed by atoms with Crippen LogP contribution in [0, 0.1) is 17.0 Å². The van der Waals surface area contributed by atoms with E-state index < -0.39 is 4.92 Å². The van der Waals surface area contributed by atoms with Gasteiger partial charge in [-0.15, -0.1) is 0 Å². The van der Waals surface area contributed by atoms with Gasteiger partial charge in [-0.05, 0) is 25.5 Å². The van der Waals surface area contributed by atoms with Gasteiger partial charge in [-0.3, -0.25) is 10.1 Å². The minimum Gasteiger partial charge on any atom is -0.489 e. The summed E-state index contributed by atoms with van der Waals surface area (Å²) in [6.45, 7) is 3.51. The normalized spacial score (nSPS) is 19.3. The molecule has 1 aromatic rings. The number of aryl methyl sites for hydroxylation is 1. The van der Waals surface area contributed by atoms with E-state index in [1.165, 1.54) is 12.1 Å². The van der Waals surface area contributed by atoms with Crippen LogP contribution in [0.4, 0.5) is 5.69 Å². The van der Waals surface area contributed by atoms with Crippen molar-refractivity contribution < 1.29 is 9.66 Å². The quantitative estimate of drug-likeness (QED) is 0.666. The standard InChI is InChI=1S/C11H13ClN2O3/c1-7-4-10(14(15)16)9(12)5-11(7)17-8-2-3-13-6-8/h4-5,8,13H,2-3,6H2,1H3. The molecule has 6 heteroatoms. The lowest BCUT2D eigenvalue weighted by Gasteiger charge is -2.14. The zero-order valence-corrected chi connectivity index (χ0v) is 10.2. The van der Waals surface area contributed by atoms with Gasteiger partial charge in [0.1, 0.15) is 16.9 Å². The lowest BCUT2D eigenvalue weighted by atomic mass is 10.2. The molecule has 0 amide bonds. The van der Waals surface area contributed by atoms with Crippen molar-refractivity contribution >= 4 is 17.3 Å². The Bertz CT molecular complexity index is 445. The van der Waals surface area contributed by atoms with Crippen molar-refractivity contribution in [3.8, 4) is 5.75 Å². The minimum atomic E-state index is -0.490. The molecule has 92 valence electrons. The lowest BCUT2D eigenvalue weighted by molar-refractivity contribution is -0.384. The maximum Gasteiger partial charge on any atom is 0.288 e. The molecule has 17 heavy (non-hydrogen) atoms. The molecule has 1 fully saturated rings. The molecule has 0 radical (unpaired) electrons. The van der Waals surface area contributed by atoms with Crippen LogP contribution in [0.25, 0.3) is 0 Å². The maximum absolute atomic E-state index is 10.7. The highest BCUT2D eigenvalue weighted by Crippen LogP contribution is 2.32. The molecule has 1 heterocycles. The number of nitro groups is 1. The van der Waals surface area contributed by atoms with E-state index in [-0.39, 0.29) is 16.8 Å². The van der Waals surface area contributed by atoms with Crippen molar-refractivity contribution in [2.24, 2.45) is 0 Å². The third-order valence-electron chi connectivity index (χ3n) is 2.75. The van der Waals surface area contributed by atoms with Gasteiger partial charge in [-0.1, -0.05) is 11.6 Å². The van der Waals surface area contributed by atoms with Crippen LogP contribution in [0.15, 0.2) is 12.1 Å². The number of halogens is 1. The molecular weight excluding hydrogens is 244 g/mol. The van der Waals surface area contributed by atoms with Crippen LogP contribution < -0.4 is 10.1 Å². The monoisotopic (exact) mass is 256 g/mol. The van der Waals surface area contributed by atoms with E-state index in [0.717, 1.165) is 25.1 Å². The van der Waals surface area contributed by atoms with Crippen LogP contribution in [0.3, 0.4) is 0 Å². The van der Waals surface area contributed by atoms with Gasteiger partial charge < -0.3 is 10.1 Å². The van der Waals surface area contributed by atoms with Gasteiger partial charge in [0.2, 0.25) is 0 Å². The molecular formula is C11H13ClN2O3. The Morgan fingerprint density at radius 1 is 1.59 bits per heavy atom. The Labute approximate surface area is 104 Å². The van der Waals surface area contributed by atoms with Crippen molar-refractivity contribution in [3.05, 3.63) is 32.8 Å². The van der Waals surface area contributed by atoms with Gasteiger partial charge in [-0.25, -0.2) is 0 Å². The van der Waals surface area contributed by atoms with E-state index in [9.17, 15) is 10.1 Å². The van der Waals surface area contributed by atoms with E-state index in [1.54, 1.807) is 6.92 Å². The van der Waals surface area contributed by atoms with Crippen LogP contribution in [-0.4, -0.2) is 24.1 Å². The van der Waals surface area contributed by atoms with Crippen LogP contribution in [0.2, 0.25) is 5.02 Å². The summed E-state index contributed by atoms with van der Waals surface area (Å²) in [7, 11) is 0. The molecule has 0 bridgehead atoms. The Hall–Kier alpha value is -1.33. The first-order valence-electron chi connectivity index (χ1n) is 5.40. The molecule has 2 rings (SSSR count). The number of benzene rings is 1. The number of ether oxygens (including phenoxy) is 1. The summed E-state index contributed by atoms with van der Waals surface area (Å²) in [5.74, 6) is 0.620. The molecule has 1 saturated heterocycles. The van der Waals surface area contributed by atoms with Crippen molar-refractivity contribution in [3.63, 3.8) is 0 Å². The summed E-state index contributed by atoms with van der Waals surface area (Å²) in [5.41, 5.74) is 0.647. The number of hydrogen-bond acceptors (Lipinski definition) is 4. The molecule has 0 aromatic heterocycles. The fourth-order valence-electron chi connectivity index (χ4n) is 1.82. The number of nitro benzene ring substituents is 1. The van der Waals surface area contributed by atoms with Crippen LogP contribution in [0.5, 0.6) is 5.75 Å². The van der Waals surface area contributed by atoms with E-state index >= 15 is 0 Å². The van der Waals surface area contributed by atoms with Crippen molar-refractivity contribution in [2.45, 2.75) is 19.4 Å². The summed E-state index contributed by atoms with van der Waals surface area (Å²) < 4.78 is 5.75. The maximum atomic E-state index is 10.7. The molecule has 1 unspecified atom stereocenters. The highest BCUT2D eigenvalue weighted by atomic mass is 35.5. The van der Waals surface area contributed by atoms with Crippen molar-refractivity contribution in [1.29, 1.82) is 0 Å². The Kier molecular flexibility index (Phi) is 3.49. The Morgan fingerprint density at radius 2 is 2.35 bits per heavy atom. The topological polar surface area (TPSA) is 64.4 Å². The molecule has 1 aliphatic heterocycles. The van der Waals surface area contributed by atoms with Gasteiger partial charge in [0.15, 0.2) is 0 Å². The summed E-state index contributed by atoms with van der Waals surface area (Å²) in [6.07, 6.45) is 1.06. The Balaban J connectivity index is 2.23. The second-order valence-electron chi connectivity index (χ2n) is 4.06. The van der Waals surface area contributed by atoms with Crippen molar-refractivity contribution in [1.82, 2.24) is 5.32 Å². The molecule has 5 nitrogen and oxygen atoms in total. The highest BCUT2D eigenvalue weighted by Gasteiger charge is 2.20. The molecule has 1 atom stereocenters. The van der Waals surface area contributed by atoms with E-state index in [4.69, 9.17) is 16.3 Å². The SMILES string of the molecule is Cc1cc([N+](=O)[O-])c(Cl)cc1OC1CCNC1. The van der Waals surface area contributed by atoms with Gasteiger partial charge in [-0.2, -0.15) is 0 Å². The van der Waals surface area contributed by atoms with Gasteiger partial charge >= 0.3 is 0 Å². The second kappa shape index (κ2) is 4.89. The molecule has 1 aliphatic rings. The average molecular weight is 257 g/mol. The largest absolute Gasteiger partial charge is 0.489 e. The summed E-state index contributed by atoms with van der Waals surface area (Å²) in [6, 6.07) is 2.97. The fourth-order valence-corrected chi connectivity index (χ4v) is 2.05. The van der Waals surface area contributed by atoms with Gasteiger partial charge in [0.25, 0.3) is 5.69 Å². The molecule has 1 N–H and O–H groups in total. The van der Waals surface area contributed by atoms with Gasteiger partial charge in [0.05, 0.1) is 4.92 Å². The Morgan fingerprint density at radius 3 is 2.94 bits per heavy atom. The summed E-state index contributed by atoms with van der Waals surface area (Å²) >= 11 is 5.84. The molecule has 1 aromatic carbocycles. The predicted octanol–water partition coefficient (Wildman–Crippen LogP) is 2.30. The smallest absolute Gasteiger partial charge is 0.288 e. The first-order valence-corrected chi connectivity index (χ1v) is 5.77. The van der Waals surface area contributed by atoms with Crippen LogP contribution in [0.1, 0.15) is 12.0 Å². The molecule has 0 saturated carbocycles. The first-order chi connectivity index (χ1) is 8.08. The predicted molar refractivity (Wildman–Crippen MR) is 64.7 cm³/mol. The fraction of sp³-hybridized carbons (Fsp3) is 0.455. The number of rotatable bonds is 3. The molecule has 0 aliphatic carbocycles. The summed E-state index contributed by atoms with van der Waals surface area (Å²) in [5, 5.41) is 14.0. The highest BCUT2D eigenvalue weighted by molar-refractivity contribution is 6.32. The zero-order valence-electron chi connectivity index (χ0n) is 9.40. The zero-order chi connectivity index (χ0) is 12.4. The number of nitrogens with zero attached hydrogens (tertiary/aromatic N) is 1. The van der Waals surface area contributed by atoms with Crippen LogP contribution >= 0.6 is 11.6 Å². The first kappa shape index (κ1) is 12.1. The lowest BCUT2D eigenvalue weighted by Crippen LogP contribution is -2.20. The second-order valence-corrected chi connectivity index (χ2v) is 4.47. The van der Waals surface area contributed by atoms with Crippen LogP contribution in [-0.2, 0) is 0 Å². The number of nitrogens with one attached hydrogen (secondary N) is 1. The van der Waals surface area contributed by atoms with E-state index in [1.807, 2.05) is 0 Å². The number of hydrogen-bond donors (Lipinski definition) is 1. The molecule has 0 spiro atoms. The minimum absolute atomic E-state index is 0.0823. The van der Waals surface area contributed by atoms with Gasteiger partial charge in [0, 0.05) is 18.7 Å². The third kappa shape index (κ3) is 2.68. The van der Waals surface area contributed by atoms with E-state index in [0.29, 0.717) is 5.75 Å². The average Bonchev–Trinajstić information content (AvgIpc) is 2.75.